The Morgan fingerprint density at radius 3 is 2.62 bits per heavy atom. The summed E-state index contributed by atoms with van der Waals surface area (Å²) in [5.74, 6) is 0. The molecule has 0 atom stereocenters. The highest BCUT2D eigenvalue weighted by Gasteiger charge is 2.01. The molecule has 21 heavy (non-hydrogen) atoms. The fraction of sp³-hybridized carbons (Fsp3) is 0.235. The minimum absolute atomic E-state index is 0.731. The van der Waals surface area contributed by atoms with Crippen LogP contribution in [0.2, 0.25) is 0 Å². The van der Waals surface area contributed by atoms with Gasteiger partial charge >= 0.3 is 0 Å². The van der Waals surface area contributed by atoms with E-state index in [9.17, 15) is 0 Å². The molecule has 0 fully saturated rings. The number of pyridine rings is 1. The van der Waals surface area contributed by atoms with E-state index in [2.05, 4.69) is 59.8 Å². The van der Waals surface area contributed by atoms with Gasteiger partial charge < -0.3 is 14.6 Å². The van der Waals surface area contributed by atoms with E-state index in [4.69, 9.17) is 0 Å². The second-order valence-corrected chi connectivity index (χ2v) is 5.49. The Labute approximate surface area is 125 Å². The normalized spacial score (nSPS) is 11.2. The molecular formula is C17H20N4. The van der Waals surface area contributed by atoms with Gasteiger partial charge in [0.1, 0.15) is 5.65 Å². The molecule has 0 bridgehead atoms. The van der Waals surface area contributed by atoms with E-state index in [1.807, 2.05) is 28.8 Å². The van der Waals surface area contributed by atoms with Crippen LogP contribution in [0.3, 0.4) is 0 Å². The maximum absolute atomic E-state index is 4.58. The molecule has 4 heteroatoms. The van der Waals surface area contributed by atoms with Crippen molar-refractivity contribution in [3.05, 3.63) is 66.1 Å². The number of anilines is 1. The van der Waals surface area contributed by atoms with Gasteiger partial charge in [0, 0.05) is 24.6 Å². The fourth-order valence-electron chi connectivity index (χ4n) is 2.36. The first-order valence-electron chi connectivity index (χ1n) is 7.11. The van der Waals surface area contributed by atoms with Gasteiger partial charge in [0.05, 0.1) is 12.2 Å². The van der Waals surface area contributed by atoms with Crippen molar-refractivity contribution in [3.8, 4) is 0 Å². The first-order chi connectivity index (χ1) is 10.2. The van der Waals surface area contributed by atoms with Crippen molar-refractivity contribution in [2.75, 3.05) is 19.4 Å². The molecule has 0 saturated carbocycles. The zero-order valence-electron chi connectivity index (χ0n) is 12.5. The van der Waals surface area contributed by atoms with Crippen LogP contribution >= 0.6 is 0 Å². The molecule has 0 spiro atoms. The van der Waals surface area contributed by atoms with Gasteiger partial charge in [0.2, 0.25) is 0 Å². The minimum atomic E-state index is 0.731. The van der Waals surface area contributed by atoms with Crippen molar-refractivity contribution >= 4 is 11.3 Å². The molecule has 1 N–H and O–H groups in total. The summed E-state index contributed by atoms with van der Waals surface area (Å²) < 4.78 is 2.04. The van der Waals surface area contributed by atoms with Gasteiger partial charge in [-0.05, 0) is 43.9 Å². The van der Waals surface area contributed by atoms with Crippen LogP contribution in [0.1, 0.15) is 11.3 Å². The zero-order valence-corrected chi connectivity index (χ0v) is 12.5. The third-order valence-electron chi connectivity index (χ3n) is 3.34. The maximum atomic E-state index is 4.58. The number of aromatic nitrogens is 2. The second kappa shape index (κ2) is 5.97. The number of nitrogens with zero attached hydrogens (tertiary/aromatic N) is 3. The molecule has 1 aromatic carbocycles. The minimum Gasteiger partial charge on any atom is -0.379 e. The summed E-state index contributed by atoms with van der Waals surface area (Å²) in [5, 5.41) is 3.41. The molecule has 0 aliphatic carbocycles. The van der Waals surface area contributed by atoms with Crippen LogP contribution in [-0.2, 0) is 13.1 Å². The smallest absolute Gasteiger partial charge is 0.137 e. The average molecular weight is 280 g/mol. The molecule has 108 valence electrons. The Bertz CT molecular complexity index is 680. The monoisotopic (exact) mass is 280 g/mol. The number of fused-ring (bicyclic) bond motifs is 1. The Morgan fingerprint density at radius 2 is 1.90 bits per heavy atom. The van der Waals surface area contributed by atoms with Gasteiger partial charge in [-0.3, -0.25) is 0 Å². The van der Waals surface area contributed by atoms with Gasteiger partial charge in [-0.2, -0.15) is 0 Å². The highest BCUT2D eigenvalue weighted by molar-refractivity contribution is 5.46. The van der Waals surface area contributed by atoms with Gasteiger partial charge in [-0.1, -0.05) is 18.2 Å². The Kier molecular flexibility index (Phi) is 3.88. The Balaban J connectivity index is 1.64. The highest BCUT2D eigenvalue weighted by Crippen LogP contribution is 2.12. The van der Waals surface area contributed by atoms with Crippen LogP contribution in [0.5, 0.6) is 0 Å². The predicted octanol–water partition coefficient (Wildman–Crippen LogP) is 3.01. The van der Waals surface area contributed by atoms with Crippen molar-refractivity contribution < 1.29 is 0 Å². The van der Waals surface area contributed by atoms with Gasteiger partial charge in [-0.15, -0.1) is 0 Å². The average Bonchev–Trinajstić information content (AvgIpc) is 2.89. The van der Waals surface area contributed by atoms with Crippen molar-refractivity contribution in [1.29, 1.82) is 0 Å². The summed E-state index contributed by atoms with van der Waals surface area (Å²) >= 11 is 0. The number of hydrogen-bond acceptors (Lipinski definition) is 3. The van der Waals surface area contributed by atoms with Gasteiger partial charge in [-0.25, -0.2) is 4.98 Å². The number of imidazole rings is 1. The third-order valence-corrected chi connectivity index (χ3v) is 3.34. The lowest BCUT2D eigenvalue weighted by Gasteiger charge is -2.10. The highest BCUT2D eigenvalue weighted by atomic mass is 15.0. The number of rotatable bonds is 5. The molecule has 0 aliphatic heterocycles. The van der Waals surface area contributed by atoms with Crippen LogP contribution in [0, 0.1) is 0 Å². The van der Waals surface area contributed by atoms with E-state index in [1.165, 1.54) is 5.56 Å². The van der Waals surface area contributed by atoms with Crippen LogP contribution in [-0.4, -0.2) is 28.4 Å². The molecule has 3 aromatic rings. The molecule has 2 aromatic heterocycles. The number of hydrogen-bond donors (Lipinski definition) is 1. The van der Waals surface area contributed by atoms with E-state index >= 15 is 0 Å². The van der Waals surface area contributed by atoms with E-state index < -0.39 is 0 Å². The van der Waals surface area contributed by atoms with Crippen LogP contribution < -0.4 is 5.32 Å². The van der Waals surface area contributed by atoms with Crippen LogP contribution in [0.4, 0.5) is 5.69 Å². The maximum Gasteiger partial charge on any atom is 0.137 e. The number of nitrogens with one attached hydrogen (secondary N) is 1. The first kappa shape index (κ1) is 13.6. The van der Waals surface area contributed by atoms with Crippen molar-refractivity contribution in [3.63, 3.8) is 0 Å². The summed E-state index contributed by atoms with van der Waals surface area (Å²) in [6.07, 6.45) is 4.07. The fourth-order valence-corrected chi connectivity index (χ4v) is 2.36. The molecule has 2 heterocycles. The first-order valence-corrected chi connectivity index (χ1v) is 7.11. The van der Waals surface area contributed by atoms with Crippen molar-refractivity contribution in [1.82, 2.24) is 14.3 Å². The van der Waals surface area contributed by atoms with E-state index in [1.54, 1.807) is 0 Å². The van der Waals surface area contributed by atoms with Crippen molar-refractivity contribution in [2.45, 2.75) is 13.1 Å². The SMILES string of the molecule is CN(C)Cc1ccc(NCc2cn3ccccc3n2)cc1. The quantitative estimate of drug-likeness (QED) is 0.780. The van der Waals surface area contributed by atoms with E-state index in [-0.39, 0.29) is 0 Å². The molecular weight excluding hydrogens is 260 g/mol. The van der Waals surface area contributed by atoms with Gasteiger partial charge in [0.15, 0.2) is 0 Å². The van der Waals surface area contributed by atoms with Gasteiger partial charge in [0.25, 0.3) is 0 Å². The lowest BCUT2D eigenvalue weighted by Crippen LogP contribution is -2.10. The molecule has 0 aliphatic rings. The molecule has 0 radical (unpaired) electrons. The largest absolute Gasteiger partial charge is 0.379 e. The molecule has 0 unspecified atom stereocenters. The Hall–Kier alpha value is -2.33. The molecule has 3 rings (SSSR count). The number of benzene rings is 1. The second-order valence-electron chi connectivity index (χ2n) is 5.49. The zero-order chi connectivity index (χ0) is 14.7. The third kappa shape index (κ3) is 3.41. The van der Waals surface area contributed by atoms with Crippen LogP contribution in [0.15, 0.2) is 54.9 Å². The van der Waals surface area contributed by atoms with E-state index in [0.717, 1.165) is 30.1 Å². The van der Waals surface area contributed by atoms with Crippen molar-refractivity contribution in [2.24, 2.45) is 0 Å². The molecule has 0 saturated heterocycles. The Morgan fingerprint density at radius 1 is 1.10 bits per heavy atom. The topological polar surface area (TPSA) is 32.6 Å². The molecule has 4 nitrogen and oxygen atoms in total. The predicted molar refractivity (Wildman–Crippen MR) is 86.4 cm³/mol. The summed E-state index contributed by atoms with van der Waals surface area (Å²) in [6.45, 7) is 1.70. The van der Waals surface area contributed by atoms with Crippen LogP contribution in [0.25, 0.3) is 5.65 Å². The summed E-state index contributed by atoms with van der Waals surface area (Å²) in [7, 11) is 4.16. The summed E-state index contributed by atoms with van der Waals surface area (Å²) in [5.41, 5.74) is 4.46. The lowest BCUT2D eigenvalue weighted by molar-refractivity contribution is 0.402. The molecule has 0 amide bonds. The summed E-state index contributed by atoms with van der Waals surface area (Å²) in [4.78, 5) is 6.74. The summed E-state index contributed by atoms with van der Waals surface area (Å²) in [6, 6.07) is 14.6. The lowest BCUT2D eigenvalue weighted by atomic mass is 10.2. The standard InChI is InChI=1S/C17H20N4/c1-20(2)12-14-6-8-15(9-7-14)18-11-16-13-21-10-4-3-5-17(21)19-16/h3-10,13,18H,11-12H2,1-2H3. The van der Waals surface area contributed by atoms with E-state index in [0.29, 0.717) is 0 Å².